The van der Waals surface area contributed by atoms with E-state index >= 15 is 0 Å². The maximum Gasteiger partial charge on any atom is 0.180 e. The van der Waals surface area contributed by atoms with Crippen molar-refractivity contribution in [1.29, 1.82) is 0 Å². The third-order valence-corrected chi connectivity index (χ3v) is 5.21. The van der Waals surface area contributed by atoms with E-state index in [4.69, 9.17) is 10.2 Å². The lowest BCUT2D eigenvalue weighted by Crippen LogP contribution is -2.25. The van der Waals surface area contributed by atoms with E-state index < -0.39 is 0 Å². The number of nitrogens with two attached hydrogens (primary N) is 1. The van der Waals surface area contributed by atoms with Gasteiger partial charge in [0.05, 0.1) is 22.8 Å². The molecule has 108 valence electrons. The zero-order valence-corrected chi connectivity index (χ0v) is 12.8. The van der Waals surface area contributed by atoms with Crippen LogP contribution in [0.15, 0.2) is 28.4 Å². The van der Waals surface area contributed by atoms with Crippen molar-refractivity contribution in [2.45, 2.75) is 32.6 Å². The number of Topliss-reactive ketones (excluding diaryl/α,β-unsaturated/α-hetero) is 1. The molecule has 2 aromatic rings. The molecule has 0 amide bonds. The molecule has 0 fully saturated rings. The number of rotatable bonds is 1. The molecular formula is C16H16N2O2S. The van der Waals surface area contributed by atoms with Gasteiger partial charge in [0.2, 0.25) is 0 Å². The molecule has 1 atom stereocenters. The Bertz CT molecular complexity index is 768. The molecule has 2 aromatic heterocycles. The second-order valence-electron chi connectivity index (χ2n) is 6.55. The predicted octanol–water partition coefficient (Wildman–Crippen LogP) is 3.61. The maximum absolute atomic E-state index is 12.7. The number of allylic oxidation sites excluding steroid dienone is 2. The van der Waals surface area contributed by atoms with Crippen molar-refractivity contribution in [2.75, 3.05) is 5.73 Å². The van der Waals surface area contributed by atoms with Crippen LogP contribution in [0, 0.1) is 5.41 Å². The van der Waals surface area contributed by atoms with Gasteiger partial charge < -0.3 is 10.2 Å². The minimum Gasteiger partial charge on any atom is -0.468 e. The van der Waals surface area contributed by atoms with Crippen molar-refractivity contribution in [1.82, 2.24) is 4.98 Å². The summed E-state index contributed by atoms with van der Waals surface area (Å²) in [5.74, 6) is 0.813. The third kappa shape index (κ3) is 1.80. The fourth-order valence-corrected chi connectivity index (χ4v) is 4.43. The predicted molar refractivity (Wildman–Crippen MR) is 82.0 cm³/mol. The molecule has 0 saturated carbocycles. The van der Waals surface area contributed by atoms with Gasteiger partial charge in [0, 0.05) is 12.0 Å². The number of carbonyl (C=O) groups is 1. The fourth-order valence-electron chi connectivity index (χ4n) is 3.50. The van der Waals surface area contributed by atoms with Crippen LogP contribution >= 0.6 is 11.3 Å². The molecule has 21 heavy (non-hydrogen) atoms. The monoisotopic (exact) mass is 300 g/mol. The third-order valence-electron chi connectivity index (χ3n) is 4.25. The number of aromatic nitrogens is 1. The van der Waals surface area contributed by atoms with Crippen LogP contribution < -0.4 is 5.73 Å². The minimum absolute atomic E-state index is 0.00993. The molecule has 2 aliphatic carbocycles. The van der Waals surface area contributed by atoms with Crippen molar-refractivity contribution < 1.29 is 9.21 Å². The van der Waals surface area contributed by atoms with Crippen LogP contribution in [-0.4, -0.2) is 10.8 Å². The average Bonchev–Trinajstić information content (AvgIpc) is 3.04. The quantitative estimate of drug-likeness (QED) is 0.873. The van der Waals surface area contributed by atoms with Gasteiger partial charge in [-0.3, -0.25) is 4.79 Å². The van der Waals surface area contributed by atoms with Gasteiger partial charge in [-0.15, -0.1) is 0 Å². The first-order valence-corrected chi connectivity index (χ1v) is 7.84. The second kappa shape index (κ2) is 4.07. The van der Waals surface area contributed by atoms with Crippen LogP contribution in [0.1, 0.15) is 48.9 Å². The Kier molecular flexibility index (Phi) is 2.49. The van der Waals surface area contributed by atoms with E-state index in [1.807, 2.05) is 12.1 Å². The summed E-state index contributed by atoms with van der Waals surface area (Å²) in [6.07, 6.45) is 3.11. The standard InChI is InChI=1S/C16H16N2O2S/c1-16(2)6-8-11(9(19)7-16)12(10-4-3-5-20-10)13-14(8)21-15(17)18-13/h3-5,12H,6-7H2,1-2H3,(H2,17,18)/t12-/m0/s1. The van der Waals surface area contributed by atoms with Gasteiger partial charge in [-0.1, -0.05) is 25.2 Å². The molecule has 0 aliphatic heterocycles. The van der Waals surface area contributed by atoms with Crippen LogP contribution in [0.25, 0.3) is 5.57 Å². The van der Waals surface area contributed by atoms with Gasteiger partial charge in [-0.25, -0.2) is 4.98 Å². The number of fused-ring (bicyclic) bond motifs is 2. The van der Waals surface area contributed by atoms with Crippen molar-refractivity contribution in [2.24, 2.45) is 5.41 Å². The molecule has 0 unspecified atom stereocenters. The van der Waals surface area contributed by atoms with Crippen LogP contribution in [0.5, 0.6) is 0 Å². The first-order valence-electron chi connectivity index (χ1n) is 7.02. The highest BCUT2D eigenvalue weighted by atomic mass is 32.1. The molecule has 4 rings (SSSR count). The van der Waals surface area contributed by atoms with Gasteiger partial charge in [0.25, 0.3) is 0 Å². The highest BCUT2D eigenvalue weighted by Gasteiger charge is 2.45. The van der Waals surface area contributed by atoms with E-state index in [0.29, 0.717) is 11.6 Å². The number of nitrogen functional groups attached to an aromatic ring is 1. The minimum atomic E-state index is -0.179. The maximum atomic E-state index is 12.7. The van der Waals surface area contributed by atoms with Gasteiger partial charge in [-0.05, 0) is 29.5 Å². The molecule has 2 aliphatic rings. The Morgan fingerprint density at radius 2 is 2.24 bits per heavy atom. The van der Waals surface area contributed by atoms with Crippen molar-refractivity contribution in [3.63, 3.8) is 0 Å². The molecule has 0 aromatic carbocycles. The van der Waals surface area contributed by atoms with E-state index in [1.165, 1.54) is 11.3 Å². The molecule has 5 heteroatoms. The lowest BCUT2D eigenvalue weighted by Gasteiger charge is -2.30. The summed E-state index contributed by atoms with van der Waals surface area (Å²) in [5, 5.41) is 0.555. The van der Waals surface area contributed by atoms with Crippen LogP contribution in [0.3, 0.4) is 0 Å². The first-order chi connectivity index (χ1) is 9.96. The van der Waals surface area contributed by atoms with Gasteiger partial charge in [-0.2, -0.15) is 0 Å². The molecule has 4 nitrogen and oxygen atoms in total. The van der Waals surface area contributed by atoms with Crippen molar-refractivity contribution >= 4 is 27.8 Å². The van der Waals surface area contributed by atoms with E-state index in [9.17, 15) is 4.79 Å². The second-order valence-corrected chi connectivity index (χ2v) is 7.58. The number of hydrogen-bond acceptors (Lipinski definition) is 5. The number of carbonyl (C=O) groups excluding carboxylic acids is 1. The summed E-state index contributed by atoms with van der Waals surface area (Å²) in [5.41, 5.74) is 8.78. The van der Waals surface area contributed by atoms with Gasteiger partial charge in [0.15, 0.2) is 10.9 Å². The summed E-state index contributed by atoms with van der Waals surface area (Å²) in [4.78, 5) is 18.2. The molecule has 0 radical (unpaired) electrons. The van der Waals surface area contributed by atoms with Gasteiger partial charge in [0.1, 0.15) is 5.76 Å². The average molecular weight is 300 g/mol. The summed E-state index contributed by atoms with van der Waals surface area (Å²) >= 11 is 1.48. The first kappa shape index (κ1) is 12.8. The smallest absolute Gasteiger partial charge is 0.180 e. The SMILES string of the molecule is CC1(C)CC(=O)C2=C(C1)c1sc(N)nc1[C@H]2c1ccco1. The fraction of sp³-hybridized carbons (Fsp3) is 0.375. The van der Waals surface area contributed by atoms with Crippen LogP contribution in [0.2, 0.25) is 0 Å². The Morgan fingerprint density at radius 3 is 2.95 bits per heavy atom. The normalized spacial score (nSPS) is 23.3. The van der Waals surface area contributed by atoms with E-state index in [0.717, 1.165) is 33.9 Å². The highest BCUT2D eigenvalue weighted by Crippen LogP contribution is 2.55. The van der Waals surface area contributed by atoms with Crippen LogP contribution in [0.4, 0.5) is 5.13 Å². The van der Waals surface area contributed by atoms with E-state index in [2.05, 4.69) is 18.8 Å². The number of thiazole rings is 1. The Morgan fingerprint density at radius 1 is 1.43 bits per heavy atom. The lowest BCUT2D eigenvalue weighted by molar-refractivity contribution is -0.118. The lowest BCUT2D eigenvalue weighted by atomic mass is 9.73. The van der Waals surface area contributed by atoms with E-state index in [1.54, 1.807) is 6.26 Å². The molecule has 0 spiro atoms. The number of anilines is 1. The summed E-state index contributed by atoms with van der Waals surface area (Å²) in [7, 11) is 0. The number of furan rings is 1. The van der Waals surface area contributed by atoms with Crippen LogP contribution in [-0.2, 0) is 4.79 Å². The van der Waals surface area contributed by atoms with Crippen molar-refractivity contribution in [3.05, 3.63) is 40.3 Å². The molecule has 2 N–H and O–H groups in total. The highest BCUT2D eigenvalue weighted by molar-refractivity contribution is 7.16. The van der Waals surface area contributed by atoms with E-state index in [-0.39, 0.29) is 17.1 Å². The zero-order chi connectivity index (χ0) is 14.8. The molecule has 2 heterocycles. The Hall–Kier alpha value is -1.88. The molecular weight excluding hydrogens is 284 g/mol. The topological polar surface area (TPSA) is 69.1 Å². The number of nitrogens with zero attached hydrogens (tertiary/aromatic N) is 1. The summed E-state index contributed by atoms with van der Waals surface area (Å²) in [6, 6.07) is 3.76. The molecule has 0 saturated heterocycles. The number of ketones is 1. The van der Waals surface area contributed by atoms with Gasteiger partial charge >= 0.3 is 0 Å². The Labute approximate surface area is 126 Å². The Balaban J connectivity index is 1.95. The van der Waals surface area contributed by atoms with Crippen molar-refractivity contribution in [3.8, 4) is 0 Å². The zero-order valence-electron chi connectivity index (χ0n) is 12.0. The number of hydrogen-bond donors (Lipinski definition) is 1. The largest absolute Gasteiger partial charge is 0.468 e. The summed E-state index contributed by atoms with van der Waals surface area (Å²) in [6.45, 7) is 4.28. The molecule has 0 bridgehead atoms. The summed E-state index contributed by atoms with van der Waals surface area (Å²) < 4.78 is 5.57.